The van der Waals surface area contributed by atoms with Gasteiger partial charge in [0.1, 0.15) is 5.82 Å². The molecule has 0 fully saturated rings. The van der Waals surface area contributed by atoms with Crippen molar-refractivity contribution < 1.29 is 13.9 Å². The molecular formula is C12H15FO2S. The van der Waals surface area contributed by atoms with E-state index in [0.29, 0.717) is 11.5 Å². The maximum atomic E-state index is 12.6. The molecule has 16 heavy (non-hydrogen) atoms. The molecule has 0 heterocycles. The zero-order valence-electron chi connectivity index (χ0n) is 9.40. The normalized spacial score (nSPS) is 10.5. The first kappa shape index (κ1) is 13.0. The van der Waals surface area contributed by atoms with Gasteiger partial charge in [0.15, 0.2) is 0 Å². The SMILES string of the molecule is CC(C)OC(=O)CSCc1ccc(F)cc1. The number of carbonyl (C=O) groups excluding carboxylic acids is 1. The number of ether oxygens (including phenoxy) is 1. The molecule has 1 aromatic rings. The highest BCUT2D eigenvalue weighted by Gasteiger charge is 2.05. The van der Waals surface area contributed by atoms with Crippen LogP contribution < -0.4 is 0 Å². The topological polar surface area (TPSA) is 26.3 Å². The Morgan fingerprint density at radius 3 is 2.56 bits per heavy atom. The second kappa shape index (κ2) is 6.53. The van der Waals surface area contributed by atoms with E-state index in [0.717, 1.165) is 5.56 Å². The minimum absolute atomic E-state index is 0.0704. The van der Waals surface area contributed by atoms with Crippen molar-refractivity contribution in [2.75, 3.05) is 5.75 Å². The van der Waals surface area contributed by atoms with E-state index in [1.807, 2.05) is 13.8 Å². The molecule has 0 spiro atoms. The van der Waals surface area contributed by atoms with Crippen LogP contribution in [0, 0.1) is 5.82 Å². The summed E-state index contributed by atoms with van der Waals surface area (Å²) >= 11 is 1.47. The van der Waals surface area contributed by atoms with Gasteiger partial charge in [0.25, 0.3) is 0 Å². The highest BCUT2D eigenvalue weighted by atomic mass is 32.2. The maximum absolute atomic E-state index is 12.6. The summed E-state index contributed by atoms with van der Waals surface area (Å²) in [6.45, 7) is 3.64. The fourth-order valence-electron chi connectivity index (χ4n) is 1.13. The Morgan fingerprint density at radius 2 is 2.00 bits per heavy atom. The van der Waals surface area contributed by atoms with Crippen LogP contribution in [0.15, 0.2) is 24.3 Å². The molecule has 0 atom stereocenters. The lowest BCUT2D eigenvalue weighted by Crippen LogP contribution is -2.13. The third-order valence-corrected chi connectivity index (χ3v) is 2.75. The minimum Gasteiger partial charge on any atom is -0.462 e. The third kappa shape index (κ3) is 5.16. The molecule has 0 radical (unpaired) electrons. The van der Waals surface area contributed by atoms with E-state index < -0.39 is 0 Å². The van der Waals surface area contributed by atoms with Crippen LogP contribution in [0.5, 0.6) is 0 Å². The average molecular weight is 242 g/mol. The van der Waals surface area contributed by atoms with Crippen molar-refractivity contribution >= 4 is 17.7 Å². The van der Waals surface area contributed by atoms with Crippen LogP contribution in [-0.2, 0) is 15.3 Å². The fourth-order valence-corrected chi connectivity index (χ4v) is 1.89. The predicted molar refractivity (Wildman–Crippen MR) is 63.8 cm³/mol. The van der Waals surface area contributed by atoms with Crippen LogP contribution in [0.25, 0.3) is 0 Å². The van der Waals surface area contributed by atoms with Crippen LogP contribution in [-0.4, -0.2) is 17.8 Å². The van der Waals surface area contributed by atoms with Gasteiger partial charge < -0.3 is 4.74 Å². The van der Waals surface area contributed by atoms with Crippen LogP contribution >= 0.6 is 11.8 Å². The quantitative estimate of drug-likeness (QED) is 0.742. The molecule has 0 aliphatic heterocycles. The smallest absolute Gasteiger partial charge is 0.316 e. The summed E-state index contributed by atoms with van der Waals surface area (Å²) in [5, 5.41) is 0. The van der Waals surface area contributed by atoms with Crippen LogP contribution in [0.1, 0.15) is 19.4 Å². The average Bonchev–Trinajstić information content (AvgIpc) is 2.20. The largest absolute Gasteiger partial charge is 0.462 e. The van der Waals surface area contributed by atoms with Gasteiger partial charge in [0, 0.05) is 5.75 Å². The zero-order chi connectivity index (χ0) is 12.0. The minimum atomic E-state index is -0.243. The van der Waals surface area contributed by atoms with Gasteiger partial charge in [-0.05, 0) is 31.5 Å². The van der Waals surface area contributed by atoms with E-state index in [-0.39, 0.29) is 17.9 Å². The first-order chi connectivity index (χ1) is 7.58. The monoisotopic (exact) mass is 242 g/mol. The Morgan fingerprint density at radius 1 is 1.38 bits per heavy atom. The molecule has 0 aliphatic rings. The van der Waals surface area contributed by atoms with Crippen molar-refractivity contribution in [1.82, 2.24) is 0 Å². The van der Waals surface area contributed by atoms with Crippen molar-refractivity contribution in [2.24, 2.45) is 0 Å². The van der Waals surface area contributed by atoms with Gasteiger partial charge >= 0.3 is 5.97 Å². The van der Waals surface area contributed by atoms with E-state index in [2.05, 4.69) is 0 Å². The van der Waals surface area contributed by atoms with Crippen molar-refractivity contribution in [3.05, 3.63) is 35.6 Å². The molecule has 4 heteroatoms. The number of thioether (sulfide) groups is 1. The predicted octanol–water partition coefficient (Wildman–Crippen LogP) is 3.01. The Kier molecular flexibility index (Phi) is 5.32. The van der Waals surface area contributed by atoms with Crippen molar-refractivity contribution in [1.29, 1.82) is 0 Å². The van der Waals surface area contributed by atoms with Crippen LogP contribution in [0.3, 0.4) is 0 Å². The lowest BCUT2D eigenvalue weighted by Gasteiger charge is -2.07. The zero-order valence-corrected chi connectivity index (χ0v) is 10.2. The molecule has 0 amide bonds. The number of carbonyl (C=O) groups is 1. The molecule has 0 N–H and O–H groups in total. The second-order valence-corrected chi connectivity index (χ2v) is 4.64. The number of hydrogen-bond acceptors (Lipinski definition) is 3. The van der Waals surface area contributed by atoms with Crippen molar-refractivity contribution in [2.45, 2.75) is 25.7 Å². The molecule has 0 saturated carbocycles. The third-order valence-electron chi connectivity index (χ3n) is 1.77. The summed E-state index contributed by atoms with van der Waals surface area (Å²) in [7, 11) is 0. The van der Waals surface area contributed by atoms with Crippen LogP contribution in [0.4, 0.5) is 4.39 Å². The van der Waals surface area contributed by atoms with Gasteiger partial charge in [-0.1, -0.05) is 12.1 Å². The molecule has 0 saturated heterocycles. The fraction of sp³-hybridized carbons (Fsp3) is 0.417. The molecule has 0 bridgehead atoms. The summed E-state index contributed by atoms with van der Waals surface area (Å²) in [6.07, 6.45) is -0.0704. The van der Waals surface area contributed by atoms with E-state index in [9.17, 15) is 9.18 Å². The summed E-state index contributed by atoms with van der Waals surface area (Å²) in [4.78, 5) is 11.2. The number of rotatable bonds is 5. The molecule has 0 unspecified atom stereocenters. The molecule has 1 aromatic carbocycles. The lowest BCUT2D eigenvalue weighted by atomic mass is 10.2. The first-order valence-corrected chi connectivity index (χ1v) is 6.25. The van der Waals surface area contributed by atoms with Gasteiger partial charge in [0.05, 0.1) is 11.9 Å². The lowest BCUT2D eigenvalue weighted by molar-refractivity contribution is -0.144. The Labute approximate surface area is 99.2 Å². The van der Waals surface area contributed by atoms with Crippen molar-refractivity contribution in [3.63, 3.8) is 0 Å². The molecule has 1 rings (SSSR count). The number of benzene rings is 1. The molecule has 0 aromatic heterocycles. The van der Waals surface area contributed by atoms with E-state index in [1.165, 1.54) is 23.9 Å². The molecule has 0 aliphatic carbocycles. The number of esters is 1. The summed E-state index contributed by atoms with van der Waals surface area (Å²) in [6, 6.07) is 6.27. The van der Waals surface area contributed by atoms with Gasteiger partial charge in [0.2, 0.25) is 0 Å². The maximum Gasteiger partial charge on any atom is 0.316 e. The first-order valence-electron chi connectivity index (χ1n) is 5.09. The van der Waals surface area contributed by atoms with Gasteiger partial charge in [-0.2, -0.15) is 0 Å². The van der Waals surface area contributed by atoms with Gasteiger partial charge in [-0.3, -0.25) is 4.79 Å². The number of halogens is 1. The highest BCUT2D eigenvalue weighted by molar-refractivity contribution is 7.99. The Balaban J connectivity index is 2.25. The van der Waals surface area contributed by atoms with Gasteiger partial charge in [-0.25, -0.2) is 4.39 Å². The summed E-state index contributed by atoms with van der Waals surface area (Å²) in [5.74, 6) is 0.568. The van der Waals surface area contributed by atoms with E-state index in [4.69, 9.17) is 4.74 Å². The highest BCUT2D eigenvalue weighted by Crippen LogP contribution is 2.13. The van der Waals surface area contributed by atoms with E-state index in [1.54, 1.807) is 12.1 Å². The van der Waals surface area contributed by atoms with Crippen molar-refractivity contribution in [3.8, 4) is 0 Å². The Hall–Kier alpha value is -1.03. The summed E-state index contributed by atoms with van der Waals surface area (Å²) in [5.41, 5.74) is 1.00. The van der Waals surface area contributed by atoms with Crippen LogP contribution in [0.2, 0.25) is 0 Å². The molecule has 88 valence electrons. The van der Waals surface area contributed by atoms with Gasteiger partial charge in [-0.15, -0.1) is 11.8 Å². The van der Waals surface area contributed by atoms with E-state index >= 15 is 0 Å². The molecule has 2 nitrogen and oxygen atoms in total. The molecular weight excluding hydrogens is 227 g/mol. The standard InChI is InChI=1S/C12H15FO2S/c1-9(2)15-12(14)8-16-7-10-3-5-11(13)6-4-10/h3-6,9H,7-8H2,1-2H3. The number of hydrogen-bond donors (Lipinski definition) is 0. The summed E-state index contributed by atoms with van der Waals surface area (Å²) < 4.78 is 17.6. The Bertz CT molecular complexity index is 335. The second-order valence-electron chi connectivity index (χ2n) is 3.66.